The van der Waals surface area contributed by atoms with E-state index in [4.69, 9.17) is 9.47 Å². The smallest absolute Gasteiger partial charge is 0.161 e. The highest BCUT2D eigenvalue weighted by atomic mass is 16.5. The topological polar surface area (TPSA) is 38.8 Å². The van der Waals surface area contributed by atoms with Crippen molar-refractivity contribution in [3.63, 3.8) is 0 Å². The molecule has 0 saturated carbocycles. The summed E-state index contributed by atoms with van der Waals surface area (Å²) >= 11 is 0. The maximum absolute atomic E-state index is 12.2. The van der Waals surface area contributed by atoms with E-state index in [1.807, 2.05) is 0 Å². The summed E-state index contributed by atoms with van der Waals surface area (Å²) in [4.78, 5) is 14.8. The summed E-state index contributed by atoms with van der Waals surface area (Å²) < 4.78 is 10.9. The number of carbonyl (C=O) groups is 1. The first kappa shape index (κ1) is 15.3. The Morgan fingerprint density at radius 3 is 2.45 bits per heavy atom. The van der Waals surface area contributed by atoms with Crippen molar-refractivity contribution in [2.75, 3.05) is 20.8 Å². The van der Waals surface area contributed by atoms with Crippen molar-refractivity contribution in [2.45, 2.75) is 45.2 Å². The first-order chi connectivity index (χ1) is 10.5. The van der Waals surface area contributed by atoms with E-state index < -0.39 is 0 Å². The lowest BCUT2D eigenvalue weighted by molar-refractivity contribution is -0.127. The van der Waals surface area contributed by atoms with Gasteiger partial charge < -0.3 is 9.47 Å². The Bertz CT molecular complexity index is 582. The van der Waals surface area contributed by atoms with Gasteiger partial charge in [0.25, 0.3) is 0 Å². The van der Waals surface area contributed by atoms with Crippen LogP contribution in [0.4, 0.5) is 0 Å². The van der Waals surface area contributed by atoms with Crippen LogP contribution in [0.1, 0.15) is 43.9 Å². The molecule has 2 aliphatic rings. The van der Waals surface area contributed by atoms with E-state index in [0.29, 0.717) is 30.6 Å². The van der Waals surface area contributed by atoms with Crippen LogP contribution in [0.2, 0.25) is 0 Å². The van der Waals surface area contributed by atoms with Crippen LogP contribution in [-0.4, -0.2) is 37.5 Å². The fourth-order valence-corrected chi connectivity index (χ4v) is 3.94. The Morgan fingerprint density at radius 1 is 1.14 bits per heavy atom. The number of methoxy groups -OCH3 is 2. The van der Waals surface area contributed by atoms with Crippen molar-refractivity contribution < 1.29 is 14.3 Å². The molecule has 0 bridgehead atoms. The minimum Gasteiger partial charge on any atom is -0.493 e. The Balaban J connectivity index is 2.03. The van der Waals surface area contributed by atoms with Gasteiger partial charge >= 0.3 is 0 Å². The molecule has 1 aromatic carbocycles. The maximum atomic E-state index is 12.2. The fourth-order valence-electron chi connectivity index (χ4n) is 3.94. The van der Waals surface area contributed by atoms with Gasteiger partial charge in [0.15, 0.2) is 11.5 Å². The second-order valence-electron chi connectivity index (χ2n) is 6.67. The van der Waals surface area contributed by atoms with Crippen LogP contribution in [0.3, 0.4) is 0 Å². The average molecular weight is 303 g/mol. The number of carbonyl (C=O) groups excluding carboxylic acids is 1. The van der Waals surface area contributed by atoms with Gasteiger partial charge in [0.2, 0.25) is 0 Å². The maximum Gasteiger partial charge on any atom is 0.161 e. The average Bonchev–Trinajstić information content (AvgIpc) is 2.52. The number of hydrogen-bond donors (Lipinski definition) is 0. The van der Waals surface area contributed by atoms with Crippen molar-refractivity contribution in [1.29, 1.82) is 0 Å². The molecule has 0 aliphatic carbocycles. The normalized spacial score (nSPS) is 24.9. The van der Waals surface area contributed by atoms with Crippen LogP contribution < -0.4 is 9.47 Å². The number of nitrogens with zero attached hydrogens (tertiary/aromatic N) is 1. The highest BCUT2D eigenvalue weighted by Gasteiger charge is 2.40. The molecule has 0 unspecified atom stereocenters. The Hall–Kier alpha value is -1.55. The minimum atomic E-state index is 0.192. The number of ether oxygens (including phenoxy) is 2. The Kier molecular flexibility index (Phi) is 4.13. The monoisotopic (exact) mass is 303 g/mol. The molecule has 4 heteroatoms. The predicted octanol–water partition coefficient (Wildman–Crippen LogP) is 2.99. The second kappa shape index (κ2) is 5.92. The van der Waals surface area contributed by atoms with E-state index in [2.05, 4.69) is 30.9 Å². The SMILES string of the molecule is COc1cc2c(cc1OC)[C@@H]1CC(=O)C[C@@H](C(C)C)N1CC2. The van der Waals surface area contributed by atoms with E-state index >= 15 is 0 Å². The molecule has 4 nitrogen and oxygen atoms in total. The highest BCUT2D eigenvalue weighted by molar-refractivity contribution is 5.81. The zero-order valence-corrected chi connectivity index (χ0v) is 13.9. The van der Waals surface area contributed by atoms with Gasteiger partial charge in [0.05, 0.1) is 14.2 Å². The third kappa shape index (κ3) is 2.50. The second-order valence-corrected chi connectivity index (χ2v) is 6.67. The first-order valence-electron chi connectivity index (χ1n) is 8.07. The van der Waals surface area contributed by atoms with Crippen molar-refractivity contribution >= 4 is 5.78 Å². The molecule has 120 valence electrons. The molecule has 3 rings (SSSR count). The molecular formula is C18H25NO3. The summed E-state index contributed by atoms with van der Waals surface area (Å²) in [6.07, 6.45) is 2.31. The summed E-state index contributed by atoms with van der Waals surface area (Å²) in [5.41, 5.74) is 2.53. The van der Waals surface area contributed by atoms with Crippen LogP contribution in [0.25, 0.3) is 0 Å². The number of hydrogen-bond acceptors (Lipinski definition) is 4. The minimum absolute atomic E-state index is 0.192. The van der Waals surface area contributed by atoms with Crippen LogP contribution in [0.15, 0.2) is 12.1 Å². The van der Waals surface area contributed by atoms with E-state index in [1.54, 1.807) is 14.2 Å². The molecule has 2 atom stereocenters. The Morgan fingerprint density at radius 2 is 1.82 bits per heavy atom. The van der Waals surface area contributed by atoms with Crippen LogP contribution in [-0.2, 0) is 11.2 Å². The number of ketones is 1. The van der Waals surface area contributed by atoms with E-state index in [1.165, 1.54) is 11.1 Å². The summed E-state index contributed by atoms with van der Waals surface area (Å²) in [5.74, 6) is 2.40. The van der Waals surface area contributed by atoms with Gasteiger partial charge in [0, 0.05) is 31.5 Å². The third-order valence-corrected chi connectivity index (χ3v) is 5.10. The van der Waals surface area contributed by atoms with Gasteiger partial charge in [-0.15, -0.1) is 0 Å². The van der Waals surface area contributed by atoms with Crippen LogP contribution in [0, 0.1) is 5.92 Å². The van der Waals surface area contributed by atoms with Gasteiger partial charge in [-0.05, 0) is 35.6 Å². The number of benzene rings is 1. The number of rotatable bonds is 3. The standard InChI is InChI=1S/C18H25NO3/c1-11(2)15-8-13(20)9-16-14-10-18(22-4)17(21-3)7-12(14)5-6-19(15)16/h7,10-11,15-16H,5-6,8-9H2,1-4H3/t15-,16-/m0/s1. The first-order valence-corrected chi connectivity index (χ1v) is 8.07. The van der Waals surface area contributed by atoms with Gasteiger partial charge in [-0.3, -0.25) is 9.69 Å². The quantitative estimate of drug-likeness (QED) is 0.860. The molecular weight excluding hydrogens is 278 g/mol. The number of fused-ring (bicyclic) bond motifs is 3. The molecule has 0 amide bonds. The molecule has 0 radical (unpaired) electrons. The van der Waals surface area contributed by atoms with Gasteiger partial charge in [-0.25, -0.2) is 0 Å². The van der Waals surface area contributed by atoms with E-state index in [-0.39, 0.29) is 6.04 Å². The zero-order chi connectivity index (χ0) is 15.9. The summed E-state index contributed by atoms with van der Waals surface area (Å²) in [7, 11) is 3.33. The van der Waals surface area contributed by atoms with Gasteiger partial charge in [-0.1, -0.05) is 13.8 Å². The van der Waals surface area contributed by atoms with Crippen LogP contribution in [0.5, 0.6) is 11.5 Å². The molecule has 1 fully saturated rings. The molecule has 1 aromatic rings. The lowest BCUT2D eigenvalue weighted by Gasteiger charge is -2.47. The van der Waals surface area contributed by atoms with Gasteiger partial charge in [0.1, 0.15) is 5.78 Å². The lowest BCUT2D eigenvalue weighted by Crippen LogP contribution is -2.50. The van der Waals surface area contributed by atoms with E-state index in [0.717, 1.165) is 24.5 Å². The van der Waals surface area contributed by atoms with Crippen molar-refractivity contribution in [2.24, 2.45) is 5.92 Å². The van der Waals surface area contributed by atoms with Gasteiger partial charge in [-0.2, -0.15) is 0 Å². The van der Waals surface area contributed by atoms with Crippen molar-refractivity contribution in [3.05, 3.63) is 23.3 Å². The molecule has 2 heterocycles. The summed E-state index contributed by atoms with van der Waals surface area (Å²) in [6.45, 7) is 5.44. The number of piperidine rings is 1. The molecule has 0 spiro atoms. The lowest BCUT2D eigenvalue weighted by atomic mass is 9.80. The van der Waals surface area contributed by atoms with Crippen molar-refractivity contribution in [3.8, 4) is 11.5 Å². The summed E-state index contributed by atoms with van der Waals surface area (Å²) in [5, 5.41) is 0. The number of Topliss-reactive ketones (excluding diaryl/α,β-unsaturated/α-hetero) is 1. The Labute approximate surface area is 132 Å². The molecule has 0 N–H and O–H groups in total. The van der Waals surface area contributed by atoms with E-state index in [9.17, 15) is 4.79 Å². The van der Waals surface area contributed by atoms with Crippen molar-refractivity contribution in [1.82, 2.24) is 4.90 Å². The third-order valence-electron chi connectivity index (χ3n) is 5.10. The highest BCUT2D eigenvalue weighted by Crippen LogP contribution is 2.43. The van der Waals surface area contributed by atoms with Crippen LogP contribution >= 0.6 is 0 Å². The summed E-state index contributed by atoms with van der Waals surface area (Å²) in [6, 6.07) is 4.69. The largest absolute Gasteiger partial charge is 0.493 e. The molecule has 22 heavy (non-hydrogen) atoms. The molecule has 1 saturated heterocycles. The molecule has 2 aliphatic heterocycles. The molecule has 0 aromatic heterocycles. The predicted molar refractivity (Wildman–Crippen MR) is 85.6 cm³/mol. The zero-order valence-electron chi connectivity index (χ0n) is 13.9. The fraction of sp³-hybridized carbons (Fsp3) is 0.611.